The molecular weight excluding hydrogens is 404 g/mol. The molecule has 9 heteroatoms. The molecule has 31 heavy (non-hydrogen) atoms. The number of carboxylic acid groups (broad SMARTS) is 1. The minimum Gasteiger partial charge on any atom is -0.497 e. The second kappa shape index (κ2) is 8.37. The van der Waals surface area contributed by atoms with Crippen LogP contribution in [-0.4, -0.2) is 77.9 Å². The number of hydrogen-bond acceptors (Lipinski definition) is 6. The van der Waals surface area contributed by atoms with Gasteiger partial charge in [0.15, 0.2) is 0 Å². The second-order valence-corrected chi connectivity index (χ2v) is 9.08. The summed E-state index contributed by atoms with van der Waals surface area (Å²) in [6.07, 6.45) is -1.29. The van der Waals surface area contributed by atoms with Gasteiger partial charge in [0.25, 0.3) is 0 Å². The Hall–Kier alpha value is -2.81. The molecule has 0 radical (unpaired) electrons. The number of nitrogens with zero attached hydrogens (tertiary/aromatic N) is 2. The molecule has 1 aromatic rings. The van der Waals surface area contributed by atoms with E-state index in [4.69, 9.17) is 14.2 Å². The summed E-state index contributed by atoms with van der Waals surface area (Å²) in [5.41, 5.74) is -0.990. The molecule has 1 spiro atoms. The smallest absolute Gasteiger partial charge is 0.411 e. The number of likely N-dealkylation sites (tertiary alicyclic amines) is 2. The molecule has 2 saturated heterocycles. The number of methoxy groups -OCH3 is 2. The van der Waals surface area contributed by atoms with E-state index >= 15 is 0 Å². The zero-order valence-corrected chi connectivity index (χ0v) is 18.6. The van der Waals surface area contributed by atoms with Gasteiger partial charge in [-0.1, -0.05) is 12.1 Å². The van der Waals surface area contributed by atoms with Crippen molar-refractivity contribution in [1.82, 2.24) is 9.80 Å². The molecule has 0 aromatic heterocycles. The number of carboxylic acids is 1. The molecule has 1 N–H and O–H groups in total. The number of aliphatic carboxylic acids is 1. The van der Waals surface area contributed by atoms with E-state index in [9.17, 15) is 19.5 Å². The Kier molecular flexibility index (Phi) is 6.18. The molecule has 3 rings (SSSR count). The van der Waals surface area contributed by atoms with Crippen molar-refractivity contribution >= 4 is 18.0 Å². The van der Waals surface area contributed by atoms with E-state index in [1.54, 1.807) is 32.8 Å². The molecule has 0 bridgehead atoms. The van der Waals surface area contributed by atoms with Crippen LogP contribution in [0.3, 0.4) is 0 Å². The Bertz CT molecular complexity index is 848. The van der Waals surface area contributed by atoms with E-state index in [1.165, 1.54) is 7.11 Å². The predicted molar refractivity (Wildman–Crippen MR) is 111 cm³/mol. The van der Waals surface area contributed by atoms with Gasteiger partial charge in [-0.3, -0.25) is 9.69 Å². The van der Waals surface area contributed by atoms with Gasteiger partial charge in [0.1, 0.15) is 17.4 Å². The molecule has 1 unspecified atom stereocenters. The van der Waals surface area contributed by atoms with Gasteiger partial charge in [-0.05, 0) is 44.9 Å². The number of amides is 2. The van der Waals surface area contributed by atoms with Crippen molar-refractivity contribution in [2.24, 2.45) is 5.41 Å². The fourth-order valence-electron chi connectivity index (χ4n) is 4.35. The summed E-state index contributed by atoms with van der Waals surface area (Å²) in [7, 11) is 3.09. The van der Waals surface area contributed by atoms with E-state index in [-0.39, 0.29) is 18.9 Å². The van der Waals surface area contributed by atoms with E-state index in [0.29, 0.717) is 13.1 Å². The van der Waals surface area contributed by atoms with Crippen molar-refractivity contribution in [3.05, 3.63) is 29.8 Å². The summed E-state index contributed by atoms with van der Waals surface area (Å²) in [4.78, 5) is 40.9. The van der Waals surface area contributed by atoms with Crippen molar-refractivity contribution < 1.29 is 33.7 Å². The molecule has 2 aliphatic heterocycles. The standard InChI is InChI=1S/C22H30N2O7/c1-21(2,3)31-20(28)24-13-22(10-16(24)18(25)26)17(30-5)12-23(19(22)27)11-14-6-8-15(29-4)9-7-14/h6-9,16-17H,10-13H2,1-5H3,(H,25,26)/t16-,17?,22-/m0/s1. The Labute approximate surface area is 181 Å². The molecule has 2 aliphatic rings. The fraction of sp³-hybridized carbons (Fsp3) is 0.591. The quantitative estimate of drug-likeness (QED) is 0.757. The average molecular weight is 434 g/mol. The second-order valence-electron chi connectivity index (χ2n) is 9.08. The lowest BCUT2D eigenvalue weighted by Crippen LogP contribution is -2.45. The highest BCUT2D eigenvalue weighted by molar-refractivity contribution is 5.90. The summed E-state index contributed by atoms with van der Waals surface area (Å²) >= 11 is 0. The zero-order chi connectivity index (χ0) is 23.0. The SMILES string of the molecule is COc1ccc(CN2CC(OC)[C@@]3(C[C@@H](C(=O)O)N(C(=O)OC(C)(C)C)C3)C2=O)cc1. The molecule has 3 atom stereocenters. The minimum absolute atomic E-state index is 0.0158. The van der Waals surface area contributed by atoms with Crippen molar-refractivity contribution in [1.29, 1.82) is 0 Å². The minimum atomic E-state index is -1.17. The van der Waals surface area contributed by atoms with E-state index in [0.717, 1.165) is 16.2 Å². The number of hydrogen-bond donors (Lipinski definition) is 1. The molecule has 2 amide bonds. The first-order valence-electron chi connectivity index (χ1n) is 10.2. The van der Waals surface area contributed by atoms with E-state index in [2.05, 4.69) is 0 Å². The Morgan fingerprint density at radius 1 is 1.19 bits per heavy atom. The van der Waals surface area contributed by atoms with Crippen LogP contribution in [0.15, 0.2) is 24.3 Å². The monoisotopic (exact) mass is 434 g/mol. The third kappa shape index (κ3) is 4.46. The summed E-state index contributed by atoms with van der Waals surface area (Å²) in [5.74, 6) is -0.665. The Balaban J connectivity index is 1.85. The van der Waals surface area contributed by atoms with Gasteiger partial charge in [-0.25, -0.2) is 9.59 Å². The fourth-order valence-corrected chi connectivity index (χ4v) is 4.35. The highest BCUT2D eigenvalue weighted by Crippen LogP contribution is 2.46. The highest BCUT2D eigenvalue weighted by atomic mass is 16.6. The maximum Gasteiger partial charge on any atom is 0.411 e. The molecule has 0 aliphatic carbocycles. The Morgan fingerprint density at radius 2 is 1.84 bits per heavy atom. The number of rotatable bonds is 5. The van der Waals surface area contributed by atoms with Crippen LogP contribution in [0.25, 0.3) is 0 Å². The van der Waals surface area contributed by atoms with Gasteiger partial charge in [0, 0.05) is 26.7 Å². The van der Waals surface area contributed by atoms with Gasteiger partial charge in [0.2, 0.25) is 5.91 Å². The number of carbonyl (C=O) groups is 3. The summed E-state index contributed by atoms with van der Waals surface area (Å²) in [5, 5.41) is 9.74. The van der Waals surface area contributed by atoms with Crippen LogP contribution < -0.4 is 4.74 Å². The first-order chi connectivity index (χ1) is 14.5. The molecule has 170 valence electrons. The largest absolute Gasteiger partial charge is 0.497 e. The van der Waals surface area contributed by atoms with Crippen molar-refractivity contribution in [3.8, 4) is 5.75 Å². The lowest BCUT2D eigenvalue weighted by atomic mass is 9.81. The topological polar surface area (TPSA) is 106 Å². The van der Waals surface area contributed by atoms with Crippen molar-refractivity contribution in [2.75, 3.05) is 27.3 Å². The van der Waals surface area contributed by atoms with Gasteiger partial charge < -0.3 is 24.2 Å². The summed E-state index contributed by atoms with van der Waals surface area (Å²) in [6.45, 7) is 5.74. The van der Waals surface area contributed by atoms with E-state index < -0.39 is 35.2 Å². The molecule has 1 aromatic carbocycles. The molecule has 0 saturated carbocycles. The molecular formula is C22H30N2O7. The van der Waals surface area contributed by atoms with Crippen LogP contribution in [-0.2, 0) is 25.6 Å². The maximum absolute atomic E-state index is 13.5. The molecule has 2 heterocycles. The summed E-state index contributed by atoms with van der Waals surface area (Å²) in [6, 6.07) is 6.23. The van der Waals surface area contributed by atoms with Crippen LogP contribution in [0, 0.1) is 5.41 Å². The normalized spacial score (nSPS) is 25.9. The van der Waals surface area contributed by atoms with Crippen LogP contribution in [0.4, 0.5) is 4.79 Å². The Morgan fingerprint density at radius 3 is 2.35 bits per heavy atom. The van der Waals surface area contributed by atoms with Gasteiger partial charge in [-0.15, -0.1) is 0 Å². The highest BCUT2D eigenvalue weighted by Gasteiger charge is 2.62. The third-order valence-electron chi connectivity index (χ3n) is 5.83. The van der Waals surface area contributed by atoms with Crippen molar-refractivity contribution in [3.63, 3.8) is 0 Å². The van der Waals surface area contributed by atoms with Gasteiger partial charge in [-0.2, -0.15) is 0 Å². The first-order valence-corrected chi connectivity index (χ1v) is 10.2. The number of benzene rings is 1. The number of ether oxygens (including phenoxy) is 3. The predicted octanol–water partition coefficient (Wildman–Crippen LogP) is 2.13. The van der Waals surface area contributed by atoms with Crippen LogP contribution in [0.5, 0.6) is 5.75 Å². The van der Waals surface area contributed by atoms with Crippen LogP contribution in [0.1, 0.15) is 32.8 Å². The number of carbonyl (C=O) groups excluding carboxylic acids is 2. The van der Waals surface area contributed by atoms with E-state index in [1.807, 2.05) is 24.3 Å². The van der Waals surface area contributed by atoms with Gasteiger partial charge in [0.05, 0.1) is 18.6 Å². The zero-order valence-electron chi connectivity index (χ0n) is 18.6. The lowest BCUT2D eigenvalue weighted by Gasteiger charge is -2.28. The summed E-state index contributed by atoms with van der Waals surface area (Å²) < 4.78 is 16.2. The van der Waals surface area contributed by atoms with Crippen LogP contribution >= 0.6 is 0 Å². The van der Waals surface area contributed by atoms with Gasteiger partial charge >= 0.3 is 12.1 Å². The molecule has 2 fully saturated rings. The molecule has 9 nitrogen and oxygen atoms in total. The maximum atomic E-state index is 13.5. The van der Waals surface area contributed by atoms with Crippen LogP contribution in [0.2, 0.25) is 0 Å². The lowest BCUT2D eigenvalue weighted by molar-refractivity contribution is -0.142. The van der Waals surface area contributed by atoms with Crippen molar-refractivity contribution in [2.45, 2.75) is 51.5 Å². The first kappa shape index (κ1) is 22.9. The average Bonchev–Trinajstić information content (AvgIpc) is 3.22. The third-order valence-corrected chi connectivity index (χ3v) is 5.83.